The van der Waals surface area contributed by atoms with Crippen LogP contribution in [0.15, 0.2) is 10.9 Å². The molecule has 0 saturated heterocycles. The number of nitriles is 1. The lowest BCUT2D eigenvalue weighted by atomic mass is 10.2. The van der Waals surface area contributed by atoms with Gasteiger partial charge in [-0.2, -0.15) is 5.26 Å². The first-order chi connectivity index (χ1) is 5.25. The third-order valence-electron chi connectivity index (χ3n) is 1.19. The third-order valence-corrected chi connectivity index (χ3v) is 1.79. The maximum atomic E-state index is 9.15. The van der Waals surface area contributed by atoms with E-state index in [2.05, 4.69) is 4.98 Å². The van der Waals surface area contributed by atoms with Crippen molar-refractivity contribution >= 4 is 11.3 Å². The van der Waals surface area contributed by atoms with Crippen molar-refractivity contribution in [2.24, 2.45) is 0 Å². The lowest BCUT2D eigenvalue weighted by Gasteiger charge is -2.06. The van der Waals surface area contributed by atoms with Crippen LogP contribution in [-0.4, -0.2) is 21.3 Å². The second-order valence-electron chi connectivity index (χ2n) is 1.93. The molecule has 1 heterocycles. The first kappa shape index (κ1) is 8.14. The van der Waals surface area contributed by atoms with Gasteiger partial charge in [-0.3, -0.25) is 0 Å². The van der Waals surface area contributed by atoms with Gasteiger partial charge in [-0.1, -0.05) is 0 Å². The lowest BCUT2D eigenvalue weighted by molar-refractivity contribution is 0.0503. The molecule has 4 nitrogen and oxygen atoms in total. The van der Waals surface area contributed by atoms with Crippen molar-refractivity contribution in [1.29, 1.82) is 5.26 Å². The zero-order chi connectivity index (χ0) is 8.27. The van der Waals surface area contributed by atoms with Gasteiger partial charge in [0, 0.05) is 5.38 Å². The SMILES string of the molecule is N#CC(O)C(O)c1cscn1. The predicted octanol–water partition coefficient (Wildman–Crippen LogP) is 0.0610. The molecule has 1 rings (SSSR count). The number of thiazole rings is 1. The smallest absolute Gasteiger partial charge is 0.171 e. The highest BCUT2D eigenvalue weighted by atomic mass is 32.1. The van der Waals surface area contributed by atoms with Gasteiger partial charge in [0.25, 0.3) is 0 Å². The summed E-state index contributed by atoms with van der Waals surface area (Å²) >= 11 is 1.30. The van der Waals surface area contributed by atoms with Crippen LogP contribution in [0.5, 0.6) is 0 Å². The Balaban J connectivity index is 2.71. The first-order valence-corrected chi connectivity index (χ1v) is 3.84. The standard InChI is InChI=1S/C6H6N2O2S/c7-1-5(9)6(10)4-2-11-3-8-4/h2-3,5-6,9-10H. The fourth-order valence-electron chi connectivity index (χ4n) is 0.600. The zero-order valence-electron chi connectivity index (χ0n) is 5.51. The van der Waals surface area contributed by atoms with E-state index in [0.29, 0.717) is 5.69 Å². The Morgan fingerprint density at radius 2 is 2.36 bits per heavy atom. The van der Waals surface area contributed by atoms with E-state index >= 15 is 0 Å². The molecule has 0 amide bonds. The lowest BCUT2D eigenvalue weighted by Crippen LogP contribution is -2.15. The number of aliphatic hydroxyl groups is 2. The van der Waals surface area contributed by atoms with Crippen LogP contribution in [-0.2, 0) is 0 Å². The summed E-state index contributed by atoms with van der Waals surface area (Å²) in [5, 5.41) is 27.8. The molecule has 11 heavy (non-hydrogen) atoms. The Morgan fingerprint density at radius 3 is 2.82 bits per heavy atom. The molecule has 0 aliphatic heterocycles. The van der Waals surface area contributed by atoms with Crippen molar-refractivity contribution in [3.05, 3.63) is 16.6 Å². The monoisotopic (exact) mass is 170 g/mol. The van der Waals surface area contributed by atoms with Gasteiger partial charge in [0.05, 0.1) is 17.3 Å². The predicted molar refractivity (Wildman–Crippen MR) is 38.7 cm³/mol. The average Bonchev–Trinajstić information content (AvgIpc) is 2.53. The average molecular weight is 170 g/mol. The molecule has 0 radical (unpaired) electrons. The van der Waals surface area contributed by atoms with Crippen LogP contribution in [0.2, 0.25) is 0 Å². The molecule has 2 unspecified atom stereocenters. The van der Waals surface area contributed by atoms with Crippen molar-refractivity contribution in [2.75, 3.05) is 0 Å². The molecule has 2 N–H and O–H groups in total. The van der Waals surface area contributed by atoms with Crippen LogP contribution in [0.3, 0.4) is 0 Å². The molecular weight excluding hydrogens is 164 g/mol. The third kappa shape index (κ3) is 1.74. The number of hydrogen-bond donors (Lipinski definition) is 2. The van der Waals surface area contributed by atoms with E-state index in [9.17, 15) is 0 Å². The Hall–Kier alpha value is -0.960. The van der Waals surface area contributed by atoms with Gasteiger partial charge in [-0.25, -0.2) is 4.98 Å². The molecule has 5 heteroatoms. The van der Waals surface area contributed by atoms with E-state index in [0.717, 1.165) is 0 Å². The highest BCUT2D eigenvalue weighted by molar-refractivity contribution is 7.07. The van der Waals surface area contributed by atoms with E-state index in [-0.39, 0.29) is 0 Å². The second-order valence-corrected chi connectivity index (χ2v) is 2.65. The maximum absolute atomic E-state index is 9.15. The van der Waals surface area contributed by atoms with E-state index in [1.54, 1.807) is 5.38 Å². The summed E-state index contributed by atoms with van der Waals surface area (Å²) in [4.78, 5) is 3.74. The van der Waals surface area contributed by atoms with Crippen molar-refractivity contribution in [2.45, 2.75) is 12.2 Å². The van der Waals surface area contributed by atoms with Crippen molar-refractivity contribution in [3.8, 4) is 6.07 Å². The minimum absolute atomic E-state index is 0.337. The normalized spacial score (nSPS) is 15.4. The van der Waals surface area contributed by atoms with Crippen LogP contribution in [0, 0.1) is 11.3 Å². The van der Waals surface area contributed by atoms with Gasteiger partial charge in [-0.05, 0) is 0 Å². The second kappa shape index (κ2) is 3.44. The fraction of sp³-hybridized carbons (Fsp3) is 0.333. The molecule has 0 aliphatic carbocycles. The largest absolute Gasteiger partial charge is 0.383 e. The highest BCUT2D eigenvalue weighted by Gasteiger charge is 2.18. The maximum Gasteiger partial charge on any atom is 0.171 e. The molecular formula is C6H6N2O2S. The summed E-state index contributed by atoms with van der Waals surface area (Å²) in [6.07, 6.45) is -2.58. The minimum Gasteiger partial charge on any atom is -0.383 e. The zero-order valence-corrected chi connectivity index (χ0v) is 6.32. The Bertz CT molecular complexity index is 254. The molecule has 0 spiro atoms. The summed E-state index contributed by atoms with van der Waals surface area (Å²) in [5.41, 5.74) is 1.87. The van der Waals surface area contributed by atoms with Crippen LogP contribution < -0.4 is 0 Å². The van der Waals surface area contributed by atoms with E-state index in [1.807, 2.05) is 0 Å². The van der Waals surface area contributed by atoms with Crippen molar-refractivity contribution in [1.82, 2.24) is 4.98 Å². The molecule has 0 bridgehead atoms. The molecule has 1 aromatic rings. The van der Waals surface area contributed by atoms with Gasteiger partial charge in [0.15, 0.2) is 6.10 Å². The van der Waals surface area contributed by atoms with E-state index in [4.69, 9.17) is 15.5 Å². The van der Waals surface area contributed by atoms with Crippen LogP contribution >= 0.6 is 11.3 Å². The highest BCUT2D eigenvalue weighted by Crippen LogP contribution is 2.15. The molecule has 0 saturated carbocycles. The summed E-state index contributed by atoms with van der Waals surface area (Å²) < 4.78 is 0. The van der Waals surface area contributed by atoms with Gasteiger partial charge in [0.2, 0.25) is 0 Å². The van der Waals surface area contributed by atoms with E-state index < -0.39 is 12.2 Å². The summed E-state index contributed by atoms with van der Waals surface area (Å²) in [5.74, 6) is 0. The summed E-state index contributed by atoms with van der Waals surface area (Å²) in [6.45, 7) is 0. The Kier molecular flexibility index (Phi) is 2.54. The summed E-state index contributed by atoms with van der Waals surface area (Å²) in [7, 11) is 0. The van der Waals surface area contributed by atoms with Gasteiger partial charge in [0.1, 0.15) is 6.10 Å². The fourth-order valence-corrected chi connectivity index (χ4v) is 1.18. The first-order valence-electron chi connectivity index (χ1n) is 2.89. The number of rotatable bonds is 2. The molecule has 2 atom stereocenters. The van der Waals surface area contributed by atoms with Crippen molar-refractivity contribution < 1.29 is 10.2 Å². The minimum atomic E-state index is -1.39. The molecule has 0 aliphatic rings. The quantitative estimate of drug-likeness (QED) is 0.615. The summed E-state index contributed by atoms with van der Waals surface area (Å²) in [6, 6.07) is 1.52. The van der Waals surface area contributed by atoms with Crippen LogP contribution in [0.1, 0.15) is 11.8 Å². The van der Waals surface area contributed by atoms with Crippen molar-refractivity contribution in [3.63, 3.8) is 0 Å². The number of hydrogen-bond acceptors (Lipinski definition) is 5. The Labute approximate surface area is 67.4 Å². The van der Waals surface area contributed by atoms with Gasteiger partial charge in [-0.15, -0.1) is 11.3 Å². The van der Waals surface area contributed by atoms with Crippen LogP contribution in [0.25, 0.3) is 0 Å². The van der Waals surface area contributed by atoms with E-state index in [1.165, 1.54) is 22.9 Å². The molecule has 1 aromatic heterocycles. The molecule has 58 valence electrons. The number of nitrogens with zero attached hydrogens (tertiary/aromatic N) is 2. The molecule has 0 aromatic carbocycles. The molecule has 0 fully saturated rings. The number of aliphatic hydroxyl groups excluding tert-OH is 2. The number of aromatic nitrogens is 1. The van der Waals surface area contributed by atoms with Gasteiger partial charge < -0.3 is 10.2 Å². The Morgan fingerprint density at radius 1 is 1.64 bits per heavy atom. The van der Waals surface area contributed by atoms with Gasteiger partial charge >= 0.3 is 0 Å². The topological polar surface area (TPSA) is 77.1 Å². The van der Waals surface area contributed by atoms with Crippen LogP contribution in [0.4, 0.5) is 0 Å².